The molecule has 24 heavy (non-hydrogen) atoms. The molecule has 0 atom stereocenters. The molecule has 1 aliphatic rings. The number of anilines is 1. The molecule has 1 aromatic carbocycles. The van der Waals surface area contributed by atoms with E-state index in [1.807, 2.05) is 0 Å². The van der Waals surface area contributed by atoms with Crippen molar-refractivity contribution in [1.82, 2.24) is 14.3 Å². The normalized spacial score (nSPS) is 17.2. The van der Waals surface area contributed by atoms with Crippen molar-refractivity contribution >= 4 is 32.7 Å². The number of hydrogen-bond acceptors (Lipinski definition) is 4. The van der Waals surface area contributed by atoms with E-state index in [-0.39, 0.29) is 23.3 Å². The lowest BCUT2D eigenvalue weighted by Gasteiger charge is -2.30. The van der Waals surface area contributed by atoms with Gasteiger partial charge in [0, 0.05) is 24.7 Å². The van der Waals surface area contributed by atoms with E-state index in [0.29, 0.717) is 42.7 Å². The summed E-state index contributed by atoms with van der Waals surface area (Å²) in [5.74, 6) is -0.256. The fourth-order valence-electron chi connectivity index (χ4n) is 2.93. The summed E-state index contributed by atoms with van der Waals surface area (Å²) in [4.78, 5) is 28.9. The van der Waals surface area contributed by atoms with E-state index in [1.165, 1.54) is 4.31 Å². The van der Waals surface area contributed by atoms with Gasteiger partial charge in [0.1, 0.15) is 0 Å². The van der Waals surface area contributed by atoms with Gasteiger partial charge in [-0.15, -0.1) is 0 Å². The van der Waals surface area contributed by atoms with Crippen LogP contribution >= 0.6 is 0 Å². The van der Waals surface area contributed by atoms with E-state index in [9.17, 15) is 18.0 Å². The van der Waals surface area contributed by atoms with E-state index in [0.717, 1.165) is 0 Å². The number of carbonyl (C=O) groups excluding carboxylic acids is 1. The maximum Gasteiger partial charge on any atom is 0.323 e. The highest BCUT2D eigenvalue weighted by molar-refractivity contribution is 7.89. The Hall–Kier alpha value is -2.13. The van der Waals surface area contributed by atoms with Crippen LogP contribution < -0.4 is 11.0 Å². The standard InChI is InChI=1S/C15H20N4O4S/c1-2-24(22,23)19-7-5-10(6-8-19)14(20)16-11-3-4-12-13(9-11)18-15(21)17-12/h3-4,9-10H,2,5-8H2,1H3,(H,16,20)(H2,17,18,21). The largest absolute Gasteiger partial charge is 0.326 e. The summed E-state index contributed by atoms with van der Waals surface area (Å²) in [6, 6.07) is 5.14. The Morgan fingerprint density at radius 1 is 1.25 bits per heavy atom. The number of nitrogens with zero attached hydrogens (tertiary/aromatic N) is 1. The Kier molecular flexibility index (Phi) is 4.46. The van der Waals surface area contributed by atoms with Crippen LogP contribution in [0, 0.1) is 5.92 Å². The fraction of sp³-hybridized carbons (Fsp3) is 0.467. The third kappa shape index (κ3) is 3.36. The van der Waals surface area contributed by atoms with Gasteiger partial charge in [0.2, 0.25) is 15.9 Å². The zero-order valence-electron chi connectivity index (χ0n) is 13.3. The molecule has 0 unspecified atom stereocenters. The van der Waals surface area contributed by atoms with Crippen molar-refractivity contribution in [3.05, 3.63) is 28.7 Å². The van der Waals surface area contributed by atoms with Crippen LogP contribution in [0.3, 0.4) is 0 Å². The average molecular weight is 352 g/mol. The highest BCUT2D eigenvalue weighted by Crippen LogP contribution is 2.22. The average Bonchev–Trinajstić information content (AvgIpc) is 2.94. The van der Waals surface area contributed by atoms with Crippen molar-refractivity contribution < 1.29 is 13.2 Å². The Morgan fingerprint density at radius 2 is 1.92 bits per heavy atom. The number of piperidine rings is 1. The lowest BCUT2D eigenvalue weighted by atomic mass is 9.97. The molecule has 0 spiro atoms. The highest BCUT2D eigenvalue weighted by Gasteiger charge is 2.30. The zero-order chi connectivity index (χ0) is 17.3. The van der Waals surface area contributed by atoms with Crippen LogP contribution in [0.2, 0.25) is 0 Å². The van der Waals surface area contributed by atoms with Crippen molar-refractivity contribution in [3.8, 4) is 0 Å². The number of carbonyl (C=O) groups is 1. The molecular formula is C15H20N4O4S. The summed E-state index contributed by atoms with van der Waals surface area (Å²) in [5, 5.41) is 2.84. The first kappa shape index (κ1) is 16.7. The first-order valence-electron chi connectivity index (χ1n) is 7.90. The summed E-state index contributed by atoms with van der Waals surface area (Å²) in [6.07, 6.45) is 1.02. The van der Waals surface area contributed by atoms with Crippen LogP contribution in [0.25, 0.3) is 11.0 Å². The zero-order valence-corrected chi connectivity index (χ0v) is 14.1. The molecule has 3 N–H and O–H groups in total. The second-order valence-electron chi connectivity index (χ2n) is 5.90. The Morgan fingerprint density at radius 3 is 2.58 bits per heavy atom. The molecule has 0 saturated carbocycles. The number of amides is 1. The van der Waals surface area contributed by atoms with Crippen molar-refractivity contribution in [3.63, 3.8) is 0 Å². The molecule has 2 aromatic rings. The number of aromatic nitrogens is 2. The lowest BCUT2D eigenvalue weighted by Crippen LogP contribution is -2.42. The minimum atomic E-state index is -3.19. The van der Waals surface area contributed by atoms with Gasteiger partial charge < -0.3 is 15.3 Å². The van der Waals surface area contributed by atoms with E-state index >= 15 is 0 Å². The van der Waals surface area contributed by atoms with Gasteiger partial charge in [-0.25, -0.2) is 17.5 Å². The van der Waals surface area contributed by atoms with Crippen LogP contribution in [-0.4, -0.2) is 47.4 Å². The van der Waals surface area contributed by atoms with E-state index < -0.39 is 10.0 Å². The molecule has 1 fully saturated rings. The van der Waals surface area contributed by atoms with Gasteiger partial charge in [0.15, 0.2) is 0 Å². The number of hydrogen-bond donors (Lipinski definition) is 3. The monoisotopic (exact) mass is 352 g/mol. The fourth-order valence-corrected chi connectivity index (χ4v) is 4.07. The second kappa shape index (κ2) is 6.40. The van der Waals surface area contributed by atoms with Crippen LogP contribution in [0.1, 0.15) is 19.8 Å². The van der Waals surface area contributed by atoms with Crippen LogP contribution in [0.15, 0.2) is 23.0 Å². The second-order valence-corrected chi connectivity index (χ2v) is 8.16. The molecule has 0 bridgehead atoms. The van der Waals surface area contributed by atoms with E-state index in [2.05, 4.69) is 15.3 Å². The molecule has 8 nitrogen and oxygen atoms in total. The topological polar surface area (TPSA) is 115 Å². The summed E-state index contributed by atoms with van der Waals surface area (Å²) >= 11 is 0. The number of nitrogens with one attached hydrogen (secondary N) is 3. The predicted molar refractivity (Wildman–Crippen MR) is 91.3 cm³/mol. The molecule has 0 aliphatic carbocycles. The Balaban J connectivity index is 1.64. The van der Waals surface area contributed by atoms with Crippen LogP contribution in [0.4, 0.5) is 5.69 Å². The lowest BCUT2D eigenvalue weighted by molar-refractivity contribution is -0.120. The molecule has 2 heterocycles. The number of sulfonamides is 1. The maximum absolute atomic E-state index is 12.4. The van der Waals surface area contributed by atoms with Gasteiger partial charge in [-0.1, -0.05) is 0 Å². The predicted octanol–water partition coefficient (Wildman–Crippen LogP) is 0.856. The molecule has 1 aliphatic heterocycles. The first-order valence-corrected chi connectivity index (χ1v) is 9.50. The van der Waals surface area contributed by atoms with Crippen LogP contribution in [-0.2, 0) is 14.8 Å². The maximum atomic E-state index is 12.4. The minimum absolute atomic E-state index is 0.0821. The summed E-state index contributed by atoms with van der Waals surface area (Å²) in [5.41, 5.74) is 1.61. The Labute approximate surface area is 139 Å². The number of aromatic amines is 2. The molecular weight excluding hydrogens is 332 g/mol. The number of imidazole rings is 1. The van der Waals surface area contributed by atoms with Gasteiger partial charge >= 0.3 is 5.69 Å². The van der Waals surface area contributed by atoms with Crippen molar-refractivity contribution in [2.75, 3.05) is 24.2 Å². The molecule has 9 heteroatoms. The van der Waals surface area contributed by atoms with Crippen LogP contribution in [0.5, 0.6) is 0 Å². The quantitative estimate of drug-likeness (QED) is 0.757. The Bertz CT molecular complexity index is 907. The molecule has 1 amide bonds. The number of rotatable bonds is 4. The number of fused-ring (bicyclic) bond motifs is 1. The molecule has 0 radical (unpaired) electrons. The van der Waals surface area contributed by atoms with Crippen molar-refractivity contribution in [2.24, 2.45) is 5.92 Å². The number of H-pyrrole nitrogens is 2. The van der Waals surface area contributed by atoms with Crippen molar-refractivity contribution in [2.45, 2.75) is 19.8 Å². The summed E-state index contributed by atoms with van der Waals surface area (Å²) in [7, 11) is -3.19. The van der Waals surface area contributed by atoms with E-state index in [1.54, 1.807) is 25.1 Å². The third-order valence-electron chi connectivity index (χ3n) is 4.37. The van der Waals surface area contributed by atoms with E-state index in [4.69, 9.17) is 0 Å². The van der Waals surface area contributed by atoms with Gasteiger partial charge in [-0.2, -0.15) is 0 Å². The SMILES string of the molecule is CCS(=O)(=O)N1CCC(C(=O)Nc2ccc3[nH]c(=O)[nH]c3c2)CC1. The highest BCUT2D eigenvalue weighted by atomic mass is 32.2. The summed E-state index contributed by atoms with van der Waals surface area (Å²) < 4.78 is 25.1. The number of benzene rings is 1. The van der Waals surface area contributed by atoms with Gasteiger partial charge in [-0.3, -0.25) is 4.79 Å². The molecule has 130 valence electrons. The third-order valence-corrected chi connectivity index (χ3v) is 6.25. The smallest absolute Gasteiger partial charge is 0.323 e. The molecule has 1 saturated heterocycles. The van der Waals surface area contributed by atoms with Gasteiger partial charge in [-0.05, 0) is 38.0 Å². The van der Waals surface area contributed by atoms with Gasteiger partial charge in [0.05, 0.1) is 16.8 Å². The molecule has 1 aromatic heterocycles. The van der Waals surface area contributed by atoms with Gasteiger partial charge in [0.25, 0.3) is 0 Å². The summed E-state index contributed by atoms with van der Waals surface area (Å²) in [6.45, 7) is 2.37. The minimum Gasteiger partial charge on any atom is -0.326 e. The van der Waals surface area contributed by atoms with Crippen molar-refractivity contribution in [1.29, 1.82) is 0 Å². The molecule has 3 rings (SSSR count). The first-order chi connectivity index (χ1) is 11.4.